The van der Waals surface area contributed by atoms with E-state index in [1.807, 2.05) is 0 Å². The number of hydroxylamine groups is 3. The number of hydrogen-bond donors (Lipinski definition) is 1. The molecule has 21 heavy (non-hydrogen) atoms. The first-order valence-electron chi connectivity index (χ1n) is 7.05. The van der Waals surface area contributed by atoms with Crippen molar-refractivity contribution in [3.63, 3.8) is 0 Å². The van der Waals surface area contributed by atoms with Gasteiger partial charge in [0.1, 0.15) is 13.2 Å². The van der Waals surface area contributed by atoms with Crippen LogP contribution in [0.2, 0.25) is 0 Å². The van der Waals surface area contributed by atoms with Crippen LogP contribution in [-0.2, 0) is 19.6 Å². The number of esters is 1. The topological polar surface area (TPSA) is 107 Å². The van der Waals surface area contributed by atoms with Crippen molar-refractivity contribution in [2.45, 2.75) is 19.3 Å². The standard InChI is InChI=1S/C11H20N2O3.CH4O3S/c14-11-10-13(15,8-9-16-11)7-6-12-4-2-1-3-5-12;1-5(2,3)4/h1-10H2;1H3,(H,2,3,4). The minimum Gasteiger partial charge on any atom is -0.632 e. The number of ether oxygens (including phenoxy) is 1. The van der Waals surface area contributed by atoms with Crippen LogP contribution in [0.5, 0.6) is 0 Å². The van der Waals surface area contributed by atoms with Gasteiger partial charge in [-0.1, -0.05) is 6.42 Å². The molecule has 0 aromatic rings. The van der Waals surface area contributed by atoms with Crippen LogP contribution >= 0.6 is 0 Å². The molecule has 9 heteroatoms. The summed E-state index contributed by atoms with van der Waals surface area (Å²) >= 11 is 0. The summed E-state index contributed by atoms with van der Waals surface area (Å²) in [5.74, 6) is -0.347. The molecule has 0 bridgehead atoms. The van der Waals surface area contributed by atoms with Gasteiger partial charge in [0.05, 0.1) is 12.8 Å². The Morgan fingerprint density at radius 3 is 2.43 bits per heavy atom. The summed E-state index contributed by atoms with van der Waals surface area (Å²) in [5, 5.41) is 12.2. The molecular formula is C12H24N2O6S. The van der Waals surface area contributed by atoms with Crippen molar-refractivity contribution >= 4 is 16.1 Å². The molecule has 1 unspecified atom stereocenters. The molecule has 0 aliphatic carbocycles. The first-order chi connectivity index (χ1) is 9.68. The monoisotopic (exact) mass is 324 g/mol. The van der Waals surface area contributed by atoms with E-state index in [0.717, 1.165) is 19.6 Å². The average Bonchev–Trinajstić information content (AvgIpc) is 2.36. The zero-order valence-electron chi connectivity index (χ0n) is 12.4. The van der Waals surface area contributed by atoms with E-state index in [0.29, 0.717) is 19.3 Å². The lowest BCUT2D eigenvalue weighted by Gasteiger charge is -2.45. The molecule has 0 amide bonds. The van der Waals surface area contributed by atoms with Crippen molar-refractivity contribution in [1.29, 1.82) is 0 Å². The van der Waals surface area contributed by atoms with Crippen molar-refractivity contribution in [2.24, 2.45) is 0 Å². The zero-order valence-corrected chi connectivity index (χ0v) is 13.2. The second-order valence-electron chi connectivity index (χ2n) is 5.52. The largest absolute Gasteiger partial charge is 0.632 e. The normalized spacial score (nSPS) is 27.5. The Morgan fingerprint density at radius 2 is 1.90 bits per heavy atom. The van der Waals surface area contributed by atoms with Gasteiger partial charge in [0.15, 0.2) is 6.54 Å². The Morgan fingerprint density at radius 1 is 1.33 bits per heavy atom. The minimum absolute atomic E-state index is 0.00611. The Labute approximate surface area is 125 Å². The number of carbonyl (C=O) groups excluding carboxylic acids is 1. The van der Waals surface area contributed by atoms with Crippen LogP contribution in [0.4, 0.5) is 0 Å². The predicted molar refractivity (Wildman–Crippen MR) is 77.0 cm³/mol. The van der Waals surface area contributed by atoms with Gasteiger partial charge in [0.2, 0.25) is 0 Å². The maximum atomic E-state index is 12.2. The summed E-state index contributed by atoms with van der Waals surface area (Å²) in [6.07, 6.45) is 4.50. The van der Waals surface area contributed by atoms with Gasteiger partial charge in [-0.15, -0.1) is 0 Å². The van der Waals surface area contributed by atoms with Gasteiger partial charge in [0, 0.05) is 6.54 Å². The molecule has 2 rings (SSSR count). The van der Waals surface area contributed by atoms with Crippen LogP contribution in [0.25, 0.3) is 0 Å². The predicted octanol–water partition coefficient (Wildman–Crippen LogP) is -0.152. The maximum Gasteiger partial charge on any atom is 0.362 e. The first kappa shape index (κ1) is 18.3. The van der Waals surface area contributed by atoms with Gasteiger partial charge in [-0.25, -0.2) is 4.79 Å². The van der Waals surface area contributed by atoms with E-state index in [1.54, 1.807) is 0 Å². The zero-order chi connectivity index (χ0) is 15.9. The Hall–Kier alpha value is -0.740. The molecule has 1 N–H and O–H groups in total. The highest BCUT2D eigenvalue weighted by atomic mass is 32.2. The van der Waals surface area contributed by atoms with Gasteiger partial charge in [-0.3, -0.25) is 9.45 Å². The number of piperidine rings is 1. The van der Waals surface area contributed by atoms with E-state index in [4.69, 9.17) is 9.29 Å². The van der Waals surface area contributed by atoms with E-state index in [-0.39, 0.29) is 19.1 Å². The molecular weight excluding hydrogens is 300 g/mol. The first-order valence-corrected chi connectivity index (χ1v) is 8.90. The third-order valence-corrected chi connectivity index (χ3v) is 3.45. The fraction of sp³-hybridized carbons (Fsp3) is 0.917. The summed E-state index contributed by atoms with van der Waals surface area (Å²) in [5.41, 5.74) is 0. The summed E-state index contributed by atoms with van der Waals surface area (Å²) in [7, 11) is -3.67. The SMILES string of the molecule is CS(=O)(=O)O.O=C1C[N+]([O-])(CCN2CCCCC2)CCO1. The number of rotatable bonds is 3. The third kappa shape index (κ3) is 8.99. The van der Waals surface area contributed by atoms with E-state index in [9.17, 15) is 18.4 Å². The molecule has 2 aliphatic rings. The third-order valence-electron chi connectivity index (χ3n) is 3.45. The number of hydrogen-bond acceptors (Lipinski definition) is 6. The highest BCUT2D eigenvalue weighted by molar-refractivity contribution is 7.85. The molecule has 124 valence electrons. The van der Waals surface area contributed by atoms with Crippen molar-refractivity contribution in [1.82, 2.24) is 4.90 Å². The van der Waals surface area contributed by atoms with E-state index < -0.39 is 14.8 Å². The van der Waals surface area contributed by atoms with E-state index >= 15 is 0 Å². The quantitative estimate of drug-likeness (QED) is 0.333. The second kappa shape index (κ2) is 8.04. The smallest absolute Gasteiger partial charge is 0.362 e. The lowest BCUT2D eigenvalue weighted by molar-refractivity contribution is -0.877. The van der Waals surface area contributed by atoms with Crippen LogP contribution in [0.3, 0.4) is 0 Å². The molecule has 0 aromatic carbocycles. The fourth-order valence-electron chi connectivity index (χ4n) is 2.38. The second-order valence-corrected chi connectivity index (χ2v) is 6.99. The average molecular weight is 324 g/mol. The number of quaternary nitrogens is 1. The molecule has 2 saturated heterocycles. The molecule has 0 saturated carbocycles. The summed E-state index contributed by atoms with van der Waals surface area (Å²) < 4.78 is 30.3. The molecule has 0 aromatic heterocycles. The van der Waals surface area contributed by atoms with Crippen LogP contribution in [0.15, 0.2) is 0 Å². The summed E-state index contributed by atoms with van der Waals surface area (Å²) in [6, 6.07) is 0. The number of carbonyl (C=O) groups is 1. The van der Waals surface area contributed by atoms with Crippen LogP contribution in [-0.4, -0.2) is 80.6 Å². The van der Waals surface area contributed by atoms with Gasteiger partial charge in [-0.05, 0) is 25.9 Å². The lowest BCUT2D eigenvalue weighted by Crippen LogP contribution is -2.55. The van der Waals surface area contributed by atoms with Gasteiger partial charge >= 0.3 is 5.97 Å². The highest BCUT2D eigenvalue weighted by Crippen LogP contribution is 2.13. The van der Waals surface area contributed by atoms with E-state index in [2.05, 4.69) is 4.90 Å². The van der Waals surface area contributed by atoms with Crippen LogP contribution in [0, 0.1) is 5.21 Å². The summed E-state index contributed by atoms with van der Waals surface area (Å²) in [4.78, 5) is 13.4. The number of morpholine rings is 1. The van der Waals surface area contributed by atoms with Crippen LogP contribution in [0.1, 0.15) is 19.3 Å². The molecule has 2 aliphatic heterocycles. The maximum absolute atomic E-state index is 12.2. The van der Waals surface area contributed by atoms with Crippen molar-refractivity contribution in [3.8, 4) is 0 Å². The summed E-state index contributed by atoms with van der Waals surface area (Å²) in [6.45, 7) is 4.23. The Balaban J connectivity index is 0.000000383. The van der Waals surface area contributed by atoms with Crippen LogP contribution < -0.4 is 0 Å². The number of cyclic esters (lactones) is 1. The van der Waals surface area contributed by atoms with E-state index in [1.165, 1.54) is 19.3 Å². The van der Waals surface area contributed by atoms with Gasteiger partial charge in [0.25, 0.3) is 10.1 Å². The molecule has 0 spiro atoms. The molecule has 1 atom stereocenters. The lowest BCUT2D eigenvalue weighted by atomic mass is 10.1. The van der Waals surface area contributed by atoms with Crippen molar-refractivity contribution in [2.75, 3.05) is 52.1 Å². The number of nitrogens with zero attached hydrogens (tertiary/aromatic N) is 2. The molecule has 2 fully saturated rings. The van der Waals surface area contributed by atoms with Crippen molar-refractivity contribution in [3.05, 3.63) is 5.21 Å². The van der Waals surface area contributed by atoms with Crippen molar-refractivity contribution < 1.29 is 27.1 Å². The Bertz CT molecular complexity index is 427. The molecule has 8 nitrogen and oxygen atoms in total. The fourth-order valence-corrected chi connectivity index (χ4v) is 2.38. The Kier molecular flexibility index (Phi) is 7.01. The van der Waals surface area contributed by atoms with Gasteiger partial charge < -0.3 is 14.6 Å². The number of likely N-dealkylation sites (tertiary alicyclic amines) is 1. The molecule has 0 radical (unpaired) electrons. The highest BCUT2D eigenvalue weighted by Gasteiger charge is 2.28. The molecule has 2 heterocycles. The van der Waals surface area contributed by atoms with Gasteiger partial charge in [-0.2, -0.15) is 8.42 Å². The minimum atomic E-state index is -3.67.